The van der Waals surface area contributed by atoms with Crippen LogP contribution in [0.15, 0.2) is 56.9 Å². The Hall–Kier alpha value is -3.45. The van der Waals surface area contributed by atoms with E-state index in [2.05, 4.69) is 31.5 Å². The van der Waals surface area contributed by atoms with Crippen molar-refractivity contribution in [1.29, 1.82) is 0 Å². The fourth-order valence-corrected chi connectivity index (χ4v) is 8.23. The number of ether oxygens (including phenoxy) is 3. The lowest BCUT2D eigenvalue weighted by molar-refractivity contribution is -0.115. The second-order valence-electron chi connectivity index (χ2n) is 13.6. The van der Waals surface area contributed by atoms with Gasteiger partial charge in [0.1, 0.15) is 11.4 Å². The Bertz CT molecular complexity index is 1880. The van der Waals surface area contributed by atoms with E-state index in [4.69, 9.17) is 40.1 Å². The van der Waals surface area contributed by atoms with Crippen molar-refractivity contribution in [2.75, 3.05) is 24.6 Å². The smallest absolute Gasteiger partial charge is 0.309 e. The molecule has 5 aliphatic heterocycles. The molecule has 9 rings (SSSR count). The number of anilines is 1. The van der Waals surface area contributed by atoms with E-state index in [1.807, 2.05) is 44.2 Å². The monoisotopic (exact) mass is 662 g/mol. The number of aliphatic imine (C=N–C) groups is 1. The zero-order valence-corrected chi connectivity index (χ0v) is 27.3. The summed E-state index contributed by atoms with van der Waals surface area (Å²) in [5.41, 5.74) is 6.18. The largest absolute Gasteiger partial charge is 0.446 e. The van der Waals surface area contributed by atoms with Gasteiger partial charge in [-0.05, 0) is 74.8 Å². The van der Waals surface area contributed by atoms with E-state index in [1.165, 1.54) is 0 Å². The van der Waals surface area contributed by atoms with Gasteiger partial charge in [0.2, 0.25) is 0 Å². The summed E-state index contributed by atoms with van der Waals surface area (Å²) in [5.74, 6) is 2.59. The molecule has 1 saturated carbocycles. The van der Waals surface area contributed by atoms with E-state index < -0.39 is 22.6 Å². The van der Waals surface area contributed by atoms with Gasteiger partial charge in [0.05, 0.1) is 34.4 Å². The number of nitrogens with one attached hydrogen (secondary N) is 1. The Morgan fingerprint density at radius 2 is 2.00 bits per heavy atom. The van der Waals surface area contributed by atoms with Crippen LogP contribution in [0.1, 0.15) is 63.3 Å². The number of hydrogen-bond acceptors (Lipinski definition) is 9. The molecule has 2 saturated heterocycles. The maximum absolute atomic E-state index is 11.7. The first-order chi connectivity index (χ1) is 22.2. The highest BCUT2D eigenvalue weighted by molar-refractivity contribution is 7.79. The van der Waals surface area contributed by atoms with Crippen molar-refractivity contribution in [3.8, 4) is 11.5 Å². The van der Waals surface area contributed by atoms with E-state index in [9.17, 15) is 4.21 Å². The predicted molar refractivity (Wildman–Crippen MR) is 176 cm³/mol. The van der Waals surface area contributed by atoms with Gasteiger partial charge in [-0.15, -0.1) is 4.40 Å². The van der Waals surface area contributed by atoms with E-state index in [0.29, 0.717) is 23.2 Å². The number of aromatic nitrogens is 2. The third-order valence-electron chi connectivity index (χ3n) is 10.9. The maximum Gasteiger partial charge on any atom is 0.309 e. The number of benzene rings is 2. The highest BCUT2D eigenvalue weighted by atomic mass is 35.5. The zero-order valence-electron chi connectivity index (χ0n) is 25.7. The topological polar surface area (TPSA) is 112 Å². The number of para-hydroxylation sites is 1. The SMILES string of the molecule is CC1([C@@]2(C)Oc3cccc(N4CCC5(CC4)CC5c4nc5ccc(C6=NS(=O)ON6)cc5n4CC4CCO4)c3O2)CC=C(Cl)C=N1. The minimum absolute atomic E-state index is 0.191. The van der Waals surface area contributed by atoms with Crippen LogP contribution in [0.25, 0.3) is 11.0 Å². The van der Waals surface area contributed by atoms with Gasteiger partial charge >= 0.3 is 11.3 Å². The molecule has 0 amide bonds. The highest BCUT2D eigenvalue weighted by Crippen LogP contribution is 2.65. The summed E-state index contributed by atoms with van der Waals surface area (Å²) in [7, 11) is 0. The number of hydroxylamine groups is 1. The van der Waals surface area contributed by atoms with Crippen molar-refractivity contribution < 1.29 is 22.7 Å². The number of imidazole rings is 1. The second kappa shape index (κ2) is 10.3. The van der Waals surface area contributed by atoms with Crippen molar-refractivity contribution in [3.63, 3.8) is 0 Å². The molecule has 5 atom stereocenters. The predicted octanol–water partition coefficient (Wildman–Crippen LogP) is 5.30. The average Bonchev–Trinajstić information content (AvgIpc) is 3.32. The van der Waals surface area contributed by atoms with Crippen molar-refractivity contribution in [1.82, 2.24) is 15.0 Å². The van der Waals surface area contributed by atoms with Crippen LogP contribution in [0.2, 0.25) is 0 Å². The number of allylic oxidation sites excluding steroid dienone is 1. The fourth-order valence-electron chi connectivity index (χ4n) is 7.63. The Morgan fingerprint density at radius 1 is 1.15 bits per heavy atom. The Labute approximate surface area is 274 Å². The standard InChI is InChI=1S/C33H35ClN6O5S/c1-31(10-8-21(34)18-35-31)32(2)43-27-5-3-4-25(28(27)44-32)39-13-11-33(12-14-39)17-23(33)30-36-24-7-6-20(29-37-45-46(41)38-29)16-26(24)40(30)19-22-9-15-42-22/h3-8,16,18,22-23H,9-15,17,19H2,1-2H3,(H,37,38)/t22?,23?,31?,32-,46?/m0/s1. The third-order valence-corrected chi connectivity index (χ3v) is 11.7. The van der Waals surface area contributed by atoms with E-state index in [-0.39, 0.29) is 11.5 Å². The number of hydrogen-bond donors (Lipinski definition) is 1. The molecule has 6 aliphatic rings. The molecule has 1 N–H and O–H groups in total. The quantitative estimate of drug-likeness (QED) is 0.379. The molecule has 240 valence electrons. The lowest BCUT2D eigenvalue weighted by atomic mass is 9.87. The molecule has 3 aromatic rings. The molecular weight excluding hydrogens is 628 g/mol. The summed E-state index contributed by atoms with van der Waals surface area (Å²) in [4.78, 5) is 12.4. The van der Waals surface area contributed by atoms with Crippen LogP contribution in [0.3, 0.4) is 0 Å². The summed E-state index contributed by atoms with van der Waals surface area (Å²) in [6.45, 7) is 7.46. The van der Waals surface area contributed by atoms with E-state index >= 15 is 0 Å². The lowest BCUT2D eigenvalue weighted by Crippen LogP contribution is -2.55. The van der Waals surface area contributed by atoms with Gasteiger partial charge < -0.3 is 23.7 Å². The number of piperidine rings is 1. The van der Waals surface area contributed by atoms with Crippen molar-refractivity contribution in [2.24, 2.45) is 14.8 Å². The third kappa shape index (κ3) is 4.51. The molecule has 1 spiro atoms. The highest BCUT2D eigenvalue weighted by Gasteiger charge is 2.58. The summed E-state index contributed by atoms with van der Waals surface area (Å²) in [6, 6.07) is 12.2. The normalized spacial score (nSPS) is 32.3. The number of amidine groups is 1. The number of rotatable bonds is 6. The summed E-state index contributed by atoms with van der Waals surface area (Å²) in [5, 5.41) is 0.639. The molecule has 3 fully saturated rings. The van der Waals surface area contributed by atoms with Crippen LogP contribution in [-0.2, 0) is 26.8 Å². The van der Waals surface area contributed by atoms with Crippen LogP contribution in [0.5, 0.6) is 11.5 Å². The van der Waals surface area contributed by atoms with E-state index in [1.54, 1.807) is 6.21 Å². The van der Waals surface area contributed by atoms with Gasteiger partial charge in [0, 0.05) is 44.3 Å². The van der Waals surface area contributed by atoms with Gasteiger partial charge in [-0.25, -0.2) is 14.7 Å². The molecule has 46 heavy (non-hydrogen) atoms. The Morgan fingerprint density at radius 3 is 2.72 bits per heavy atom. The average molecular weight is 663 g/mol. The molecule has 11 nitrogen and oxygen atoms in total. The van der Waals surface area contributed by atoms with Gasteiger partial charge in [0.15, 0.2) is 17.3 Å². The first-order valence-corrected chi connectivity index (χ1v) is 17.4. The molecule has 1 aliphatic carbocycles. The first-order valence-electron chi connectivity index (χ1n) is 16.0. The molecule has 13 heteroatoms. The summed E-state index contributed by atoms with van der Waals surface area (Å²) in [6.07, 6.45) is 8.81. The van der Waals surface area contributed by atoms with E-state index in [0.717, 1.165) is 91.5 Å². The number of halogens is 1. The van der Waals surface area contributed by atoms with Crippen LogP contribution in [0, 0.1) is 5.41 Å². The number of dihydropyridines is 1. The molecule has 0 radical (unpaired) electrons. The second-order valence-corrected chi connectivity index (χ2v) is 14.8. The van der Waals surface area contributed by atoms with Crippen LogP contribution < -0.4 is 19.9 Å². The van der Waals surface area contributed by atoms with Crippen LogP contribution in [-0.4, -0.2) is 62.9 Å². The van der Waals surface area contributed by atoms with Gasteiger partial charge in [-0.3, -0.25) is 4.99 Å². The summed E-state index contributed by atoms with van der Waals surface area (Å²) >= 11 is 4.46. The number of fused-ring (bicyclic) bond motifs is 2. The van der Waals surface area contributed by atoms with Crippen molar-refractivity contribution >= 4 is 51.6 Å². The van der Waals surface area contributed by atoms with Crippen LogP contribution >= 0.6 is 11.6 Å². The Balaban J connectivity index is 0.953. The Kier molecular flexibility index (Phi) is 6.42. The summed E-state index contributed by atoms with van der Waals surface area (Å²) < 4.78 is 42.0. The molecular formula is C33H35ClN6O5S. The number of nitrogens with zero attached hydrogens (tertiary/aromatic N) is 5. The molecule has 6 heterocycles. The molecule has 0 bridgehead atoms. The minimum Gasteiger partial charge on any atom is -0.446 e. The van der Waals surface area contributed by atoms with Crippen LogP contribution in [0.4, 0.5) is 5.69 Å². The first kappa shape index (κ1) is 28.7. The van der Waals surface area contributed by atoms with Crippen molar-refractivity contribution in [3.05, 3.63) is 58.9 Å². The maximum atomic E-state index is 11.7. The zero-order chi connectivity index (χ0) is 31.3. The van der Waals surface area contributed by atoms with Gasteiger partial charge in [-0.1, -0.05) is 23.7 Å². The molecule has 4 unspecified atom stereocenters. The molecule has 1 aromatic heterocycles. The van der Waals surface area contributed by atoms with Gasteiger partial charge in [-0.2, -0.15) is 4.28 Å². The minimum atomic E-state index is -1.72. The fraction of sp³-hybridized carbons (Fsp3) is 0.485. The lowest BCUT2D eigenvalue weighted by Gasteiger charge is -2.39. The van der Waals surface area contributed by atoms with Gasteiger partial charge in [0.25, 0.3) is 5.79 Å². The van der Waals surface area contributed by atoms with Crippen molar-refractivity contribution in [2.45, 2.75) is 75.8 Å². The molecule has 2 aromatic carbocycles.